The van der Waals surface area contributed by atoms with E-state index in [0.29, 0.717) is 72.5 Å². The van der Waals surface area contributed by atoms with Crippen LogP contribution in [0.4, 0.5) is 11.8 Å². The second-order valence-electron chi connectivity index (χ2n) is 9.02. The number of carbonyl (C=O) groups excluding carboxylic acids is 1. The van der Waals surface area contributed by atoms with E-state index in [9.17, 15) is 4.79 Å². The van der Waals surface area contributed by atoms with Crippen molar-refractivity contribution in [1.29, 1.82) is 0 Å². The molecule has 5 rings (SSSR count). The molecular weight excluding hydrogens is 482 g/mol. The molecule has 0 saturated carbocycles. The van der Waals surface area contributed by atoms with Crippen LogP contribution in [0.15, 0.2) is 66.7 Å². The summed E-state index contributed by atoms with van der Waals surface area (Å²) in [6.07, 6.45) is 0.833. The van der Waals surface area contributed by atoms with Gasteiger partial charge < -0.3 is 29.7 Å². The van der Waals surface area contributed by atoms with Gasteiger partial charge in [0, 0.05) is 49.6 Å². The lowest BCUT2D eigenvalue weighted by atomic mass is 10.1. The molecule has 0 atom stereocenters. The number of amides is 1. The average Bonchev–Trinajstić information content (AvgIpc) is 2.97. The number of piperazine rings is 1. The summed E-state index contributed by atoms with van der Waals surface area (Å²) in [6, 6.07) is 21.1. The number of hydrogen-bond donors (Lipinski definition) is 1. The van der Waals surface area contributed by atoms with E-state index in [-0.39, 0.29) is 5.91 Å². The van der Waals surface area contributed by atoms with Crippen molar-refractivity contribution >= 4 is 28.6 Å². The maximum atomic E-state index is 13.1. The molecule has 0 radical (unpaired) electrons. The monoisotopic (exact) mass is 513 g/mol. The SMILES string of the molecule is COc1cc2nc(N3CCN(C(=O)c4ccc(OCCc5ccccc5)cc4)CC3)nc(N)c2cc1OC. The van der Waals surface area contributed by atoms with Gasteiger partial charge in [-0.3, -0.25) is 4.79 Å². The summed E-state index contributed by atoms with van der Waals surface area (Å²) in [5.41, 5.74) is 8.80. The number of carbonyl (C=O) groups is 1. The maximum Gasteiger partial charge on any atom is 0.253 e. The van der Waals surface area contributed by atoms with Crippen molar-refractivity contribution in [2.45, 2.75) is 6.42 Å². The Hall–Kier alpha value is -4.53. The van der Waals surface area contributed by atoms with Crippen molar-refractivity contribution in [3.8, 4) is 17.2 Å². The second-order valence-corrected chi connectivity index (χ2v) is 9.02. The molecule has 196 valence electrons. The maximum absolute atomic E-state index is 13.1. The van der Waals surface area contributed by atoms with Gasteiger partial charge in [0.1, 0.15) is 11.6 Å². The number of aromatic nitrogens is 2. The number of nitrogens with zero attached hydrogens (tertiary/aromatic N) is 4. The van der Waals surface area contributed by atoms with Gasteiger partial charge in [0.25, 0.3) is 5.91 Å². The number of anilines is 2. The first-order valence-electron chi connectivity index (χ1n) is 12.6. The van der Waals surface area contributed by atoms with Gasteiger partial charge in [0.15, 0.2) is 11.5 Å². The fourth-order valence-electron chi connectivity index (χ4n) is 4.53. The molecule has 1 aliphatic heterocycles. The third-order valence-electron chi connectivity index (χ3n) is 6.67. The van der Waals surface area contributed by atoms with Gasteiger partial charge >= 0.3 is 0 Å². The van der Waals surface area contributed by atoms with E-state index in [0.717, 1.165) is 12.2 Å². The number of rotatable bonds is 8. The summed E-state index contributed by atoms with van der Waals surface area (Å²) in [4.78, 5) is 26.2. The Balaban J connectivity index is 1.19. The second kappa shape index (κ2) is 11.2. The number of methoxy groups -OCH3 is 2. The van der Waals surface area contributed by atoms with Crippen molar-refractivity contribution in [2.75, 3.05) is 57.6 Å². The predicted molar refractivity (Wildman–Crippen MR) is 147 cm³/mol. The summed E-state index contributed by atoms with van der Waals surface area (Å²) < 4.78 is 16.6. The fourth-order valence-corrected chi connectivity index (χ4v) is 4.53. The van der Waals surface area contributed by atoms with Gasteiger partial charge in [-0.05, 0) is 35.9 Å². The van der Waals surface area contributed by atoms with Crippen LogP contribution in [-0.2, 0) is 6.42 Å². The molecule has 2 N–H and O–H groups in total. The smallest absolute Gasteiger partial charge is 0.253 e. The molecule has 9 heteroatoms. The van der Waals surface area contributed by atoms with Crippen LogP contribution >= 0.6 is 0 Å². The van der Waals surface area contributed by atoms with E-state index >= 15 is 0 Å². The van der Waals surface area contributed by atoms with Crippen LogP contribution in [0.3, 0.4) is 0 Å². The molecule has 38 heavy (non-hydrogen) atoms. The molecule has 0 bridgehead atoms. The van der Waals surface area contributed by atoms with Crippen molar-refractivity contribution in [1.82, 2.24) is 14.9 Å². The van der Waals surface area contributed by atoms with E-state index in [1.54, 1.807) is 26.4 Å². The Morgan fingerprint density at radius 2 is 1.58 bits per heavy atom. The zero-order chi connectivity index (χ0) is 26.5. The molecule has 0 unspecified atom stereocenters. The zero-order valence-electron chi connectivity index (χ0n) is 21.6. The number of ether oxygens (including phenoxy) is 3. The number of fused-ring (bicyclic) bond motifs is 1. The number of benzene rings is 3. The van der Waals surface area contributed by atoms with Crippen LogP contribution in [0.5, 0.6) is 17.2 Å². The lowest BCUT2D eigenvalue weighted by Crippen LogP contribution is -2.49. The Labute approximate surface area is 221 Å². The number of nitrogen functional groups attached to an aromatic ring is 1. The van der Waals surface area contributed by atoms with Crippen LogP contribution in [0.1, 0.15) is 15.9 Å². The quantitative estimate of drug-likeness (QED) is 0.379. The Kier molecular flexibility index (Phi) is 7.44. The van der Waals surface area contributed by atoms with Crippen molar-refractivity contribution in [3.05, 3.63) is 77.9 Å². The number of hydrogen-bond acceptors (Lipinski definition) is 8. The van der Waals surface area contributed by atoms with E-state index in [4.69, 9.17) is 24.9 Å². The lowest BCUT2D eigenvalue weighted by molar-refractivity contribution is 0.0746. The van der Waals surface area contributed by atoms with Crippen LogP contribution in [0.2, 0.25) is 0 Å². The topological polar surface area (TPSA) is 103 Å². The molecule has 2 heterocycles. The predicted octanol–water partition coefficient (Wildman–Crippen LogP) is 3.81. The van der Waals surface area contributed by atoms with Crippen LogP contribution in [0.25, 0.3) is 10.9 Å². The largest absolute Gasteiger partial charge is 0.493 e. The van der Waals surface area contributed by atoms with Gasteiger partial charge in [-0.1, -0.05) is 30.3 Å². The highest BCUT2D eigenvalue weighted by molar-refractivity contribution is 5.94. The molecule has 3 aromatic carbocycles. The molecular formula is C29H31N5O4. The Morgan fingerprint density at radius 3 is 2.26 bits per heavy atom. The molecule has 1 saturated heterocycles. The van der Waals surface area contributed by atoms with Crippen molar-refractivity contribution in [3.63, 3.8) is 0 Å². The van der Waals surface area contributed by atoms with E-state index in [2.05, 4.69) is 17.1 Å². The first-order valence-corrected chi connectivity index (χ1v) is 12.6. The Morgan fingerprint density at radius 1 is 0.895 bits per heavy atom. The van der Waals surface area contributed by atoms with Crippen molar-refractivity contribution in [2.24, 2.45) is 0 Å². The summed E-state index contributed by atoms with van der Waals surface area (Å²) in [7, 11) is 3.16. The summed E-state index contributed by atoms with van der Waals surface area (Å²) in [5.74, 6) is 2.80. The minimum absolute atomic E-state index is 0.00346. The standard InChI is InChI=1S/C29H31N5O4/c1-36-25-18-23-24(19-26(25)37-2)31-29(32-27(23)30)34-15-13-33(14-16-34)28(35)21-8-10-22(11-9-21)38-17-12-20-6-4-3-5-7-20/h3-11,18-19H,12-17H2,1-2H3,(H2,30,31,32). The molecule has 0 aliphatic carbocycles. The zero-order valence-corrected chi connectivity index (χ0v) is 21.6. The molecule has 9 nitrogen and oxygen atoms in total. The van der Waals surface area contributed by atoms with Gasteiger partial charge in [-0.2, -0.15) is 4.98 Å². The Bertz CT molecular complexity index is 1400. The van der Waals surface area contributed by atoms with Gasteiger partial charge in [-0.15, -0.1) is 0 Å². The van der Waals surface area contributed by atoms with Crippen LogP contribution in [-0.4, -0.2) is 67.8 Å². The fraction of sp³-hybridized carbons (Fsp3) is 0.276. The summed E-state index contributed by atoms with van der Waals surface area (Å²) in [5, 5.41) is 0.702. The van der Waals surface area contributed by atoms with E-state index in [1.165, 1.54) is 5.56 Å². The first kappa shape index (κ1) is 25.1. The molecule has 1 aliphatic rings. The third kappa shape index (κ3) is 5.41. The summed E-state index contributed by atoms with van der Waals surface area (Å²) >= 11 is 0. The van der Waals surface area contributed by atoms with E-state index in [1.807, 2.05) is 52.3 Å². The molecule has 0 spiro atoms. The van der Waals surface area contributed by atoms with Crippen molar-refractivity contribution < 1.29 is 19.0 Å². The minimum Gasteiger partial charge on any atom is -0.493 e. The van der Waals surface area contributed by atoms with Gasteiger partial charge in [-0.25, -0.2) is 4.98 Å². The third-order valence-corrected chi connectivity index (χ3v) is 6.67. The highest BCUT2D eigenvalue weighted by atomic mass is 16.5. The highest BCUT2D eigenvalue weighted by Gasteiger charge is 2.24. The lowest BCUT2D eigenvalue weighted by Gasteiger charge is -2.35. The van der Waals surface area contributed by atoms with Crippen LogP contribution in [0, 0.1) is 0 Å². The first-order chi connectivity index (χ1) is 18.6. The van der Waals surface area contributed by atoms with E-state index < -0.39 is 0 Å². The number of nitrogens with two attached hydrogens (primary N) is 1. The highest BCUT2D eigenvalue weighted by Crippen LogP contribution is 2.34. The van der Waals surface area contributed by atoms with Gasteiger partial charge in [0.2, 0.25) is 5.95 Å². The molecule has 4 aromatic rings. The summed E-state index contributed by atoms with van der Waals surface area (Å²) in [6.45, 7) is 2.90. The molecule has 1 fully saturated rings. The average molecular weight is 514 g/mol. The molecule has 1 amide bonds. The van der Waals surface area contributed by atoms with Crippen LogP contribution < -0.4 is 24.8 Å². The minimum atomic E-state index is -0.00346. The van der Waals surface area contributed by atoms with Gasteiger partial charge in [0.05, 0.1) is 26.3 Å². The normalized spacial score (nSPS) is 13.4. The molecule has 1 aromatic heterocycles.